The average molecular weight is 309 g/mol. The van der Waals surface area contributed by atoms with Gasteiger partial charge in [0.2, 0.25) is 0 Å². The molecule has 1 aromatic heterocycles. The molecule has 0 saturated carbocycles. The van der Waals surface area contributed by atoms with E-state index in [2.05, 4.69) is 39.7 Å². The zero-order chi connectivity index (χ0) is 15.4. The van der Waals surface area contributed by atoms with Gasteiger partial charge in [-0.15, -0.1) is 0 Å². The second-order valence-electron chi connectivity index (χ2n) is 4.83. The Labute approximate surface area is 131 Å². The predicted octanol–water partition coefficient (Wildman–Crippen LogP) is 3.38. The highest BCUT2D eigenvalue weighted by Crippen LogP contribution is 2.21. The van der Waals surface area contributed by atoms with Gasteiger partial charge in [-0.05, 0) is 34.9 Å². The quantitative estimate of drug-likeness (QED) is 0.803. The van der Waals surface area contributed by atoms with Gasteiger partial charge in [0, 0.05) is 22.0 Å². The van der Waals surface area contributed by atoms with E-state index in [0.717, 1.165) is 27.3 Å². The Morgan fingerprint density at radius 3 is 2.14 bits per heavy atom. The van der Waals surface area contributed by atoms with Crippen molar-refractivity contribution >= 4 is 23.0 Å². The molecule has 0 fully saturated rings. The summed E-state index contributed by atoms with van der Waals surface area (Å²) in [6.07, 6.45) is 7.25. The van der Waals surface area contributed by atoms with Gasteiger partial charge in [-0.3, -0.25) is 4.21 Å². The van der Waals surface area contributed by atoms with Crippen molar-refractivity contribution < 1.29 is 4.21 Å². The molecule has 1 atom stereocenters. The number of nitrogens with zero attached hydrogens (tertiary/aromatic N) is 2. The molecule has 5 heteroatoms. The molecule has 22 heavy (non-hydrogen) atoms. The lowest BCUT2D eigenvalue weighted by atomic mass is 10.0. The fourth-order valence-corrected chi connectivity index (χ4v) is 2.62. The van der Waals surface area contributed by atoms with Crippen molar-refractivity contribution in [3.8, 4) is 11.1 Å². The summed E-state index contributed by atoms with van der Waals surface area (Å²) in [7, 11) is -0.938. The lowest BCUT2D eigenvalue weighted by Gasteiger charge is -2.03. The smallest absolute Gasteiger partial charge is 0.105 e. The Morgan fingerprint density at radius 1 is 0.955 bits per heavy atom. The van der Waals surface area contributed by atoms with Crippen LogP contribution in [0.5, 0.6) is 0 Å². The Morgan fingerprint density at radius 2 is 1.59 bits per heavy atom. The van der Waals surface area contributed by atoms with Gasteiger partial charge >= 0.3 is 0 Å². The Hall–Kier alpha value is -2.53. The number of aromatic nitrogens is 3. The topological polar surface area (TPSA) is 58.6 Å². The summed E-state index contributed by atoms with van der Waals surface area (Å²) in [5.74, 6) is 0. The first-order valence-corrected chi connectivity index (χ1v) is 8.36. The zero-order valence-electron chi connectivity index (χ0n) is 12.1. The molecular weight excluding hydrogens is 294 g/mol. The van der Waals surface area contributed by atoms with E-state index >= 15 is 0 Å². The molecular formula is C17H15N3OS. The van der Waals surface area contributed by atoms with Crippen LogP contribution in [-0.4, -0.2) is 25.9 Å². The van der Waals surface area contributed by atoms with Crippen molar-refractivity contribution in [3.05, 3.63) is 66.0 Å². The van der Waals surface area contributed by atoms with Crippen molar-refractivity contribution in [3.63, 3.8) is 0 Å². The molecule has 2 aromatic carbocycles. The van der Waals surface area contributed by atoms with Gasteiger partial charge in [-0.1, -0.05) is 42.5 Å². The predicted molar refractivity (Wildman–Crippen MR) is 89.5 cm³/mol. The van der Waals surface area contributed by atoms with Crippen molar-refractivity contribution in [2.75, 3.05) is 6.26 Å². The third-order valence-corrected chi connectivity index (χ3v) is 4.25. The Bertz CT molecular complexity index is 791. The molecule has 3 aromatic rings. The molecule has 0 spiro atoms. The third-order valence-electron chi connectivity index (χ3n) is 3.31. The number of benzene rings is 2. The summed E-state index contributed by atoms with van der Waals surface area (Å²) < 4.78 is 11.4. The van der Waals surface area contributed by atoms with Crippen LogP contribution in [0.2, 0.25) is 0 Å². The minimum absolute atomic E-state index is 0.798. The Kier molecular flexibility index (Phi) is 4.25. The number of hydrogen-bond donors (Lipinski definition) is 1. The highest BCUT2D eigenvalue weighted by Gasteiger charge is 2.00. The maximum absolute atomic E-state index is 11.4. The van der Waals surface area contributed by atoms with Gasteiger partial charge in [0.05, 0.1) is 6.20 Å². The van der Waals surface area contributed by atoms with Crippen molar-refractivity contribution in [2.24, 2.45) is 0 Å². The molecule has 1 heterocycles. The standard InChI is InChI=1S/C17H15N3OS/c1-22(21)17-10-7-15(8-11-17)14-5-2-13(3-6-14)4-9-16-12-18-20-19-16/h2-12H,1H3,(H,18,19,20). The normalized spacial score (nSPS) is 12.6. The van der Waals surface area contributed by atoms with Crippen LogP contribution in [0, 0.1) is 0 Å². The number of rotatable bonds is 4. The summed E-state index contributed by atoms with van der Waals surface area (Å²) in [5.41, 5.74) is 4.14. The summed E-state index contributed by atoms with van der Waals surface area (Å²) in [6, 6.07) is 16.1. The van der Waals surface area contributed by atoms with Gasteiger partial charge in [0.25, 0.3) is 0 Å². The molecule has 0 radical (unpaired) electrons. The number of H-pyrrole nitrogens is 1. The average Bonchev–Trinajstić information content (AvgIpc) is 3.07. The van der Waals surface area contributed by atoms with Crippen LogP contribution in [0.15, 0.2) is 59.6 Å². The molecule has 0 saturated heterocycles. The zero-order valence-corrected chi connectivity index (χ0v) is 12.9. The van der Waals surface area contributed by atoms with Crippen LogP contribution in [0.25, 0.3) is 23.3 Å². The minimum Gasteiger partial charge on any atom is -0.255 e. The Balaban J connectivity index is 1.77. The van der Waals surface area contributed by atoms with E-state index in [-0.39, 0.29) is 0 Å². The first kappa shape index (κ1) is 14.4. The number of nitrogens with one attached hydrogen (secondary N) is 1. The summed E-state index contributed by atoms with van der Waals surface area (Å²) in [5, 5.41) is 10.3. The molecule has 0 aliphatic rings. The largest absolute Gasteiger partial charge is 0.255 e. The van der Waals surface area contributed by atoms with Crippen LogP contribution in [0.4, 0.5) is 0 Å². The van der Waals surface area contributed by atoms with E-state index in [1.54, 1.807) is 12.5 Å². The lowest BCUT2D eigenvalue weighted by Crippen LogP contribution is -1.86. The van der Waals surface area contributed by atoms with E-state index in [4.69, 9.17) is 0 Å². The molecule has 1 unspecified atom stereocenters. The van der Waals surface area contributed by atoms with Crippen LogP contribution in [-0.2, 0) is 10.8 Å². The second kappa shape index (κ2) is 6.49. The van der Waals surface area contributed by atoms with Crippen molar-refractivity contribution in [2.45, 2.75) is 4.90 Å². The van der Waals surface area contributed by atoms with E-state index in [9.17, 15) is 4.21 Å². The molecule has 0 aliphatic heterocycles. The highest BCUT2D eigenvalue weighted by molar-refractivity contribution is 7.84. The van der Waals surface area contributed by atoms with Crippen LogP contribution < -0.4 is 0 Å². The fourth-order valence-electron chi connectivity index (χ4n) is 2.10. The number of aromatic amines is 1. The molecule has 0 aliphatic carbocycles. The first-order chi connectivity index (χ1) is 10.7. The summed E-state index contributed by atoms with van der Waals surface area (Å²) in [6.45, 7) is 0. The second-order valence-corrected chi connectivity index (χ2v) is 6.21. The van der Waals surface area contributed by atoms with E-state index in [1.807, 2.05) is 36.4 Å². The van der Waals surface area contributed by atoms with E-state index in [0.29, 0.717) is 0 Å². The summed E-state index contributed by atoms with van der Waals surface area (Å²) >= 11 is 0. The number of hydrogen-bond acceptors (Lipinski definition) is 3. The fraction of sp³-hybridized carbons (Fsp3) is 0.0588. The van der Waals surface area contributed by atoms with Crippen LogP contribution in [0.1, 0.15) is 11.3 Å². The van der Waals surface area contributed by atoms with Crippen LogP contribution in [0.3, 0.4) is 0 Å². The molecule has 110 valence electrons. The molecule has 4 nitrogen and oxygen atoms in total. The molecule has 0 amide bonds. The molecule has 1 N–H and O–H groups in total. The third kappa shape index (κ3) is 3.38. The van der Waals surface area contributed by atoms with Gasteiger partial charge in [-0.25, -0.2) is 0 Å². The van der Waals surface area contributed by atoms with Gasteiger partial charge in [0.1, 0.15) is 5.69 Å². The monoisotopic (exact) mass is 309 g/mol. The summed E-state index contributed by atoms with van der Waals surface area (Å²) in [4.78, 5) is 0.843. The van der Waals surface area contributed by atoms with Crippen molar-refractivity contribution in [1.82, 2.24) is 15.4 Å². The minimum atomic E-state index is -0.938. The van der Waals surface area contributed by atoms with Gasteiger partial charge < -0.3 is 0 Å². The maximum Gasteiger partial charge on any atom is 0.105 e. The first-order valence-electron chi connectivity index (χ1n) is 6.80. The highest BCUT2D eigenvalue weighted by atomic mass is 32.2. The van der Waals surface area contributed by atoms with E-state index < -0.39 is 10.8 Å². The van der Waals surface area contributed by atoms with Crippen molar-refractivity contribution in [1.29, 1.82) is 0 Å². The van der Waals surface area contributed by atoms with Gasteiger partial charge in [0.15, 0.2) is 0 Å². The molecule has 0 bridgehead atoms. The SMILES string of the molecule is CS(=O)c1ccc(-c2ccc(C=Cc3cn[nH]n3)cc2)cc1. The maximum atomic E-state index is 11.4. The van der Waals surface area contributed by atoms with Gasteiger partial charge in [-0.2, -0.15) is 15.4 Å². The molecule has 3 rings (SSSR count). The van der Waals surface area contributed by atoms with Crippen LogP contribution >= 0.6 is 0 Å². The van der Waals surface area contributed by atoms with E-state index in [1.165, 1.54) is 0 Å². The lowest BCUT2D eigenvalue weighted by molar-refractivity contribution is 0.687.